The zero-order valence-electron chi connectivity index (χ0n) is 12.9. The van der Waals surface area contributed by atoms with E-state index < -0.39 is 0 Å². The molecule has 0 aliphatic carbocycles. The fourth-order valence-corrected chi connectivity index (χ4v) is 3.13. The predicted molar refractivity (Wildman–Crippen MR) is 88.1 cm³/mol. The first kappa shape index (κ1) is 15.4. The minimum Gasteiger partial charge on any atom is -0.393 e. The van der Waals surface area contributed by atoms with Crippen LogP contribution in [0.4, 0.5) is 0 Å². The summed E-state index contributed by atoms with van der Waals surface area (Å²) >= 11 is 5.59. The van der Waals surface area contributed by atoms with Gasteiger partial charge in [-0.2, -0.15) is 5.10 Å². The lowest BCUT2D eigenvalue weighted by molar-refractivity contribution is 0.0650. The minimum atomic E-state index is -0.151. The van der Waals surface area contributed by atoms with Gasteiger partial charge in [-0.1, -0.05) is 30.3 Å². The van der Waals surface area contributed by atoms with Crippen LogP contribution >= 0.6 is 12.2 Å². The van der Waals surface area contributed by atoms with Crippen LogP contribution in [0.25, 0.3) is 0 Å². The molecule has 2 aromatic rings. The molecule has 1 N–H and O–H groups in total. The monoisotopic (exact) mass is 318 g/mol. The summed E-state index contributed by atoms with van der Waals surface area (Å²) in [5.41, 5.74) is 1.22. The van der Waals surface area contributed by atoms with Crippen molar-refractivity contribution in [2.75, 3.05) is 13.1 Å². The fraction of sp³-hybridized carbons (Fsp3) is 0.500. The average molecular weight is 318 g/mol. The van der Waals surface area contributed by atoms with Crippen LogP contribution in [0.1, 0.15) is 24.2 Å². The summed E-state index contributed by atoms with van der Waals surface area (Å²) in [4.78, 5) is 2.29. The van der Waals surface area contributed by atoms with Crippen molar-refractivity contribution in [3.05, 3.63) is 46.5 Å². The molecule has 0 bridgehead atoms. The number of aryl methyl sites for hydroxylation is 1. The lowest BCUT2D eigenvalue weighted by Gasteiger charge is -2.28. The number of aliphatic hydroxyl groups excluding tert-OH is 1. The van der Waals surface area contributed by atoms with E-state index in [1.54, 1.807) is 0 Å². The second-order valence-electron chi connectivity index (χ2n) is 5.89. The van der Waals surface area contributed by atoms with E-state index in [0.717, 1.165) is 43.1 Å². The van der Waals surface area contributed by atoms with Crippen LogP contribution in [0.3, 0.4) is 0 Å². The summed E-state index contributed by atoms with van der Waals surface area (Å²) < 4.78 is 4.72. The maximum Gasteiger partial charge on any atom is 0.199 e. The highest BCUT2D eigenvalue weighted by molar-refractivity contribution is 7.71. The number of aliphatic hydroxyl groups is 1. The van der Waals surface area contributed by atoms with Gasteiger partial charge in [0.05, 0.1) is 19.3 Å². The van der Waals surface area contributed by atoms with Crippen LogP contribution < -0.4 is 0 Å². The van der Waals surface area contributed by atoms with Gasteiger partial charge in [0, 0.05) is 13.1 Å². The molecular weight excluding hydrogens is 296 g/mol. The summed E-state index contributed by atoms with van der Waals surface area (Å²) in [5.74, 6) is 0.936. The molecule has 0 unspecified atom stereocenters. The molecule has 118 valence electrons. The third kappa shape index (κ3) is 3.45. The summed E-state index contributed by atoms with van der Waals surface area (Å²) in [7, 11) is 0. The highest BCUT2D eigenvalue weighted by atomic mass is 32.1. The van der Waals surface area contributed by atoms with Gasteiger partial charge < -0.3 is 5.11 Å². The molecule has 1 aromatic carbocycles. The summed E-state index contributed by atoms with van der Waals surface area (Å²) in [6.07, 6.45) is 1.51. The molecule has 0 spiro atoms. The van der Waals surface area contributed by atoms with E-state index in [1.165, 1.54) is 5.56 Å². The topological polar surface area (TPSA) is 46.2 Å². The van der Waals surface area contributed by atoms with E-state index in [-0.39, 0.29) is 6.10 Å². The van der Waals surface area contributed by atoms with Crippen LogP contribution in [0, 0.1) is 11.7 Å². The van der Waals surface area contributed by atoms with Crippen molar-refractivity contribution in [3.8, 4) is 0 Å². The fourth-order valence-electron chi connectivity index (χ4n) is 2.84. The molecule has 3 rings (SSSR count). The molecule has 22 heavy (non-hydrogen) atoms. The van der Waals surface area contributed by atoms with Gasteiger partial charge in [-0.3, -0.25) is 9.47 Å². The Balaban J connectivity index is 1.74. The van der Waals surface area contributed by atoms with Crippen molar-refractivity contribution >= 4 is 12.2 Å². The van der Waals surface area contributed by atoms with Crippen molar-refractivity contribution in [2.45, 2.75) is 39.1 Å². The Bertz CT molecular complexity index is 671. The quantitative estimate of drug-likeness (QED) is 0.878. The molecule has 0 atom stereocenters. The highest BCUT2D eigenvalue weighted by Gasteiger charge is 2.18. The molecule has 1 aromatic heterocycles. The van der Waals surface area contributed by atoms with Gasteiger partial charge in [-0.25, -0.2) is 4.68 Å². The van der Waals surface area contributed by atoms with Gasteiger partial charge in [-0.15, -0.1) is 0 Å². The van der Waals surface area contributed by atoms with Gasteiger partial charge in [0.25, 0.3) is 0 Å². The number of hydrogen-bond acceptors (Lipinski definition) is 4. The third-order valence-corrected chi connectivity index (χ3v) is 4.61. The van der Waals surface area contributed by atoms with E-state index >= 15 is 0 Å². The first-order chi connectivity index (χ1) is 10.6. The Labute approximate surface area is 135 Å². The molecule has 1 fully saturated rings. The summed E-state index contributed by atoms with van der Waals surface area (Å²) in [6.45, 7) is 5.24. The number of nitrogens with zero attached hydrogens (tertiary/aromatic N) is 4. The largest absolute Gasteiger partial charge is 0.393 e. The number of piperidine rings is 1. The molecule has 1 saturated heterocycles. The highest BCUT2D eigenvalue weighted by Crippen LogP contribution is 2.12. The zero-order chi connectivity index (χ0) is 15.5. The van der Waals surface area contributed by atoms with Crippen molar-refractivity contribution in [1.82, 2.24) is 19.2 Å². The normalized spacial score (nSPS) is 17.0. The van der Waals surface area contributed by atoms with Crippen LogP contribution in [0.5, 0.6) is 0 Å². The zero-order valence-corrected chi connectivity index (χ0v) is 13.7. The molecular formula is C16H22N4OS. The Morgan fingerprint density at radius 2 is 1.91 bits per heavy atom. The van der Waals surface area contributed by atoms with Gasteiger partial charge in [0.1, 0.15) is 5.82 Å². The Hall–Kier alpha value is -1.50. The smallest absolute Gasteiger partial charge is 0.199 e. The minimum absolute atomic E-state index is 0.151. The molecule has 6 heteroatoms. The standard InChI is InChI=1S/C16H22N4OS/c1-13-17-20(12-18-9-7-15(21)8-10-18)16(22)19(13)11-14-5-3-2-4-6-14/h2-6,15,21H,7-12H2,1H3. The van der Waals surface area contributed by atoms with Crippen LogP contribution in [-0.2, 0) is 13.2 Å². The Morgan fingerprint density at radius 3 is 2.59 bits per heavy atom. The van der Waals surface area contributed by atoms with Crippen molar-refractivity contribution in [3.63, 3.8) is 0 Å². The van der Waals surface area contributed by atoms with Gasteiger partial charge in [0.2, 0.25) is 0 Å². The van der Waals surface area contributed by atoms with Crippen LogP contribution in [-0.4, -0.2) is 43.5 Å². The average Bonchev–Trinajstić information content (AvgIpc) is 2.78. The lowest BCUT2D eigenvalue weighted by Crippen LogP contribution is -2.37. The summed E-state index contributed by atoms with van der Waals surface area (Å²) in [6, 6.07) is 10.3. The molecule has 2 heterocycles. The van der Waals surface area contributed by atoms with Gasteiger partial charge in [-0.05, 0) is 37.5 Å². The van der Waals surface area contributed by atoms with Crippen LogP contribution in [0.15, 0.2) is 30.3 Å². The first-order valence-electron chi connectivity index (χ1n) is 7.72. The van der Waals surface area contributed by atoms with Gasteiger partial charge >= 0.3 is 0 Å². The van der Waals surface area contributed by atoms with E-state index in [9.17, 15) is 5.11 Å². The van der Waals surface area contributed by atoms with E-state index in [2.05, 4.69) is 26.7 Å². The SMILES string of the molecule is Cc1nn(CN2CCC(O)CC2)c(=S)n1Cc1ccccc1. The molecule has 1 aliphatic heterocycles. The number of rotatable bonds is 4. The summed E-state index contributed by atoms with van der Waals surface area (Å²) in [5, 5.41) is 14.2. The van der Waals surface area contributed by atoms with Crippen molar-refractivity contribution < 1.29 is 5.11 Å². The second kappa shape index (κ2) is 6.73. The third-order valence-electron chi connectivity index (χ3n) is 4.18. The number of likely N-dealkylation sites (tertiary alicyclic amines) is 1. The predicted octanol–water partition coefficient (Wildman–Crippen LogP) is 2.19. The second-order valence-corrected chi connectivity index (χ2v) is 6.26. The van der Waals surface area contributed by atoms with Gasteiger partial charge in [0.15, 0.2) is 4.77 Å². The number of benzene rings is 1. The van der Waals surface area contributed by atoms with E-state index in [0.29, 0.717) is 6.67 Å². The lowest BCUT2D eigenvalue weighted by atomic mass is 10.1. The van der Waals surface area contributed by atoms with Crippen molar-refractivity contribution in [1.29, 1.82) is 0 Å². The van der Waals surface area contributed by atoms with E-state index in [1.807, 2.05) is 29.8 Å². The van der Waals surface area contributed by atoms with Crippen molar-refractivity contribution in [2.24, 2.45) is 0 Å². The molecule has 0 amide bonds. The molecule has 0 radical (unpaired) electrons. The maximum atomic E-state index is 9.59. The Morgan fingerprint density at radius 1 is 1.23 bits per heavy atom. The Kier molecular flexibility index (Phi) is 4.71. The molecule has 1 aliphatic rings. The number of aromatic nitrogens is 3. The number of hydrogen-bond donors (Lipinski definition) is 1. The van der Waals surface area contributed by atoms with E-state index in [4.69, 9.17) is 12.2 Å². The molecule has 5 nitrogen and oxygen atoms in total. The first-order valence-corrected chi connectivity index (χ1v) is 8.13. The van der Waals surface area contributed by atoms with Crippen LogP contribution in [0.2, 0.25) is 0 Å². The molecule has 0 saturated carbocycles. The maximum absolute atomic E-state index is 9.59.